The highest BCUT2D eigenvalue weighted by atomic mass is 19.3. The molecule has 0 saturated heterocycles. The van der Waals surface area contributed by atoms with Crippen molar-refractivity contribution in [1.29, 1.82) is 0 Å². The first-order valence-electron chi connectivity index (χ1n) is 4.35. The summed E-state index contributed by atoms with van der Waals surface area (Å²) in [5.41, 5.74) is -0.954. The van der Waals surface area contributed by atoms with Crippen LogP contribution in [0.2, 0.25) is 0 Å². The smallest absolute Gasteiger partial charge is 0.337 e. The Morgan fingerprint density at radius 1 is 1.44 bits per heavy atom. The molecule has 2 rings (SSSR count). The van der Waals surface area contributed by atoms with Gasteiger partial charge in [0.15, 0.2) is 0 Å². The molecule has 0 atom stereocenters. The predicted octanol–water partition coefficient (Wildman–Crippen LogP) is 2.27. The van der Waals surface area contributed by atoms with Crippen LogP contribution in [0.15, 0.2) is 24.5 Å². The van der Waals surface area contributed by atoms with Crippen molar-refractivity contribution >= 4 is 16.9 Å². The summed E-state index contributed by atoms with van der Waals surface area (Å²) in [6, 6.07) is 2.69. The lowest BCUT2D eigenvalue weighted by atomic mass is 10.1. The minimum Gasteiger partial charge on any atom is -0.478 e. The van der Waals surface area contributed by atoms with Gasteiger partial charge in [0.25, 0.3) is 6.43 Å². The van der Waals surface area contributed by atoms with E-state index in [-0.39, 0.29) is 5.52 Å². The number of hydrogen-bond acceptors (Lipinski definition) is 3. The number of aromatic nitrogens is 2. The number of carbonyl (C=O) groups is 1. The zero-order valence-electron chi connectivity index (χ0n) is 7.89. The van der Waals surface area contributed by atoms with Crippen molar-refractivity contribution in [3.8, 4) is 0 Å². The van der Waals surface area contributed by atoms with Crippen molar-refractivity contribution in [2.24, 2.45) is 0 Å². The molecule has 2 heterocycles. The first-order chi connectivity index (χ1) is 7.59. The number of halogens is 2. The number of carboxylic acid groups (broad SMARTS) is 1. The standard InChI is InChI=1S/C10H6F2N2O2/c11-9(12)8-6(10(15)16)3-5-1-2-13-4-7(5)14-8/h1-4,9H,(H,15,16). The highest BCUT2D eigenvalue weighted by Gasteiger charge is 2.20. The molecular weight excluding hydrogens is 218 g/mol. The minimum absolute atomic E-state index is 0.253. The Morgan fingerprint density at radius 3 is 2.81 bits per heavy atom. The molecule has 2 aromatic heterocycles. The van der Waals surface area contributed by atoms with Crippen LogP contribution in [0.3, 0.4) is 0 Å². The van der Waals surface area contributed by atoms with Crippen molar-refractivity contribution in [3.05, 3.63) is 35.8 Å². The van der Waals surface area contributed by atoms with Gasteiger partial charge in [-0.3, -0.25) is 4.98 Å². The van der Waals surface area contributed by atoms with Gasteiger partial charge in [-0.15, -0.1) is 0 Å². The Labute approximate surface area is 88.6 Å². The molecule has 0 aliphatic carbocycles. The van der Waals surface area contributed by atoms with E-state index in [1.165, 1.54) is 24.5 Å². The fraction of sp³-hybridized carbons (Fsp3) is 0.100. The van der Waals surface area contributed by atoms with Gasteiger partial charge in [-0.05, 0) is 12.1 Å². The largest absolute Gasteiger partial charge is 0.478 e. The summed E-state index contributed by atoms with van der Waals surface area (Å²) in [6.45, 7) is 0. The van der Waals surface area contributed by atoms with Gasteiger partial charge in [-0.2, -0.15) is 0 Å². The van der Waals surface area contributed by atoms with Gasteiger partial charge >= 0.3 is 5.97 Å². The van der Waals surface area contributed by atoms with Gasteiger partial charge in [0, 0.05) is 11.6 Å². The summed E-state index contributed by atoms with van der Waals surface area (Å²) < 4.78 is 25.1. The van der Waals surface area contributed by atoms with Gasteiger partial charge in [-0.25, -0.2) is 18.6 Å². The molecule has 0 spiro atoms. The molecule has 16 heavy (non-hydrogen) atoms. The van der Waals surface area contributed by atoms with Crippen LogP contribution < -0.4 is 0 Å². The van der Waals surface area contributed by atoms with Crippen molar-refractivity contribution < 1.29 is 18.7 Å². The van der Waals surface area contributed by atoms with Crippen molar-refractivity contribution in [2.75, 3.05) is 0 Å². The molecule has 0 unspecified atom stereocenters. The highest BCUT2D eigenvalue weighted by molar-refractivity contribution is 5.93. The molecule has 0 aliphatic rings. The average molecular weight is 224 g/mol. The predicted molar refractivity (Wildman–Crippen MR) is 51.5 cm³/mol. The zero-order chi connectivity index (χ0) is 11.7. The van der Waals surface area contributed by atoms with E-state index in [4.69, 9.17) is 5.11 Å². The van der Waals surface area contributed by atoms with Crippen LogP contribution in [0.1, 0.15) is 22.5 Å². The van der Waals surface area contributed by atoms with E-state index in [9.17, 15) is 13.6 Å². The molecule has 4 nitrogen and oxygen atoms in total. The molecule has 82 valence electrons. The Balaban J connectivity index is 2.76. The summed E-state index contributed by atoms with van der Waals surface area (Å²) in [5, 5.41) is 9.25. The summed E-state index contributed by atoms with van der Waals surface area (Å²) in [4.78, 5) is 18.1. The SMILES string of the molecule is O=C(O)c1cc2ccncc2nc1C(F)F. The maximum Gasteiger partial charge on any atom is 0.337 e. The third kappa shape index (κ3) is 1.69. The van der Waals surface area contributed by atoms with Crippen LogP contribution in [-0.2, 0) is 0 Å². The maximum atomic E-state index is 12.6. The van der Waals surface area contributed by atoms with E-state index in [0.29, 0.717) is 5.39 Å². The van der Waals surface area contributed by atoms with E-state index in [1.807, 2.05) is 0 Å². The zero-order valence-corrected chi connectivity index (χ0v) is 7.89. The van der Waals surface area contributed by atoms with Crippen molar-refractivity contribution in [1.82, 2.24) is 9.97 Å². The van der Waals surface area contributed by atoms with Crippen molar-refractivity contribution in [3.63, 3.8) is 0 Å². The van der Waals surface area contributed by atoms with Crippen LogP contribution >= 0.6 is 0 Å². The van der Waals surface area contributed by atoms with Crippen LogP contribution in [0, 0.1) is 0 Å². The Morgan fingerprint density at radius 2 is 2.19 bits per heavy atom. The first-order valence-corrected chi connectivity index (χ1v) is 4.35. The van der Waals surface area contributed by atoms with E-state index in [2.05, 4.69) is 9.97 Å². The number of pyridine rings is 2. The summed E-state index contributed by atoms with van der Waals surface area (Å²) in [6.07, 6.45) is -0.166. The first kappa shape index (κ1) is 10.4. The lowest BCUT2D eigenvalue weighted by Gasteiger charge is -2.05. The highest BCUT2D eigenvalue weighted by Crippen LogP contribution is 2.24. The number of fused-ring (bicyclic) bond motifs is 1. The van der Waals surface area contributed by atoms with Crippen molar-refractivity contribution in [2.45, 2.75) is 6.43 Å². The third-order valence-corrected chi connectivity index (χ3v) is 2.09. The molecular formula is C10H6F2N2O2. The second-order valence-electron chi connectivity index (χ2n) is 3.10. The van der Waals surface area contributed by atoms with Crippen LogP contribution in [-0.4, -0.2) is 21.0 Å². The molecule has 0 amide bonds. The molecule has 0 fully saturated rings. The fourth-order valence-electron chi connectivity index (χ4n) is 1.37. The lowest BCUT2D eigenvalue weighted by molar-refractivity contribution is 0.0682. The number of rotatable bonds is 2. The monoisotopic (exact) mass is 224 g/mol. The minimum atomic E-state index is -2.92. The summed E-state index contributed by atoms with van der Waals surface area (Å²) in [7, 11) is 0. The molecule has 0 aromatic carbocycles. The number of carboxylic acids is 1. The normalized spacial score (nSPS) is 10.9. The maximum absolute atomic E-state index is 12.6. The second kappa shape index (κ2) is 3.80. The molecule has 6 heteroatoms. The van der Waals surface area contributed by atoms with E-state index in [0.717, 1.165) is 0 Å². The lowest BCUT2D eigenvalue weighted by Crippen LogP contribution is -2.05. The van der Waals surface area contributed by atoms with Crippen LogP contribution in [0.5, 0.6) is 0 Å². The number of aromatic carboxylic acids is 1. The van der Waals surface area contributed by atoms with E-state index in [1.54, 1.807) is 0 Å². The number of nitrogens with zero attached hydrogens (tertiary/aromatic N) is 2. The Bertz CT molecular complexity index is 558. The Kier molecular flexibility index (Phi) is 2.47. The molecule has 2 aromatic rings. The summed E-state index contributed by atoms with van der Waals surface area (Å²) in [5.74, 6) is -1.42. The van der Waals surface area contributed by atoms with Gasteiger partial charge in [0.05, 0.1) is 17.3 Å². The molecule has 0 bridgehead atoms. The van der Waals surface area contributed by atoms with E-state index < -0.39 is 23.7 Å². The topological polar surface area (TPSA) is 63.1 Å². The number of alkyl halides is 2. The Hall–Kier alpha value is -2.11. The van der Waals surface area contributed by atoms with Gasteiger partial charge in [0.1, 0.15) is 5.69 Å². The van der Waals surface area contributed by atoms with Gasteiger partial charge < -0.3 is 5.11 Å². The third-order valence-electron chi connectivity index (χ3n) is 2.09. The molecule has 0 radical (unpaired) electrons. The average Bonchev–Trinajstić information content (AvgIpc) is 2.27. The second-order valence-corrected chi connectivity index (χ2v) is 3.10. The molecule has 0 saturated carbocycles. The summed E-state index contributed by atoms with van der Waals surface area (Å²) >= 11 is 0. The van der Waals surface area contributed by atoms with Crippen LogP contribution in [0.4, 0.5) is 8.78 Å². The number of hydrogen-bond donors (Lipinski definition) is 1. The van der Waals surface area contributed by atoms with Gasteiger partial charge in [0.2, 0.25) is 0 Å². The van der Waals surface area contributed by atoms with Crippen LogP contribution in [0.25, 0.3) is 10.9 Å². The van der Waals surface area contributed by atoms with E-state index >= 15 is 0 Å². The fourth-order valence-corrected chi connectivity index (χ4v) is 1.37. The van der Waals surface area contributed by atoms with Gasteiger partial charge in [-0.1, -0.05) is 0 Å². The quantitative estimate of drug-likeness (QED) is 0.849. The molecule has 1 N–H and O–H groups in total. The molecule has 0 aliphatic heterocycles.